The van der Waals surface area contributed by atoms with E-state index in [1.165, 1.54) is 10.8 Å². The summed E-state index contributed by atoms with van der Waals surface area (Å²) in [6.07, 6.45) is 1.45. The molecule has 7 nitrogen and oxygen atoms in total. The second-order valence-corrected chi connectivity index (χ2v) is 5.61. The van der Waals surface area contributed by atoms with E-state index < -0.39 is 17.2 Å². The van der Waals surface area contributed by atoms with E-state index in [9.17, 15) is 14.4 Å². The summed E-state index contributed by atoms with van der Waals surface area (Å²) in [5.74, 6) is 0.320. The van der Waals surface area contributed by atoms with Crippen LogP contribution >= 0.6 is 0 Å². The Morgan fingerprint density at radius 2 is 2.00 bits per heavy atom. The summed E-state index contributed by atoms with van der Waals surface area (Å²) in [6, 6.07) is 7.60. The van der Waals surface area contributed by atoms with E-state index in [1.807, 2.05) is 31.2 Å². The second-order valence-electron chi connectivity index (χ2n) is 5.61. The van der Waals surface area contributed by atoms with Gasteiger partial charge in [0, 0.05) is 18.8 Å². The summed E-state index contributed by atoms with van der Waals surface area (Å²) >= 11 is 0. The Hall–Kier alpha value is -2.83. The highest BCUT2D eigenvalue weighted by Gasteiger charge is 2.10. The quantitative estimate of drug-likeness (QED) is 0.775. The lowest BCUT2D eigenvalue weighted by molar-refractivity contribution is -0.121. The molecule has 1 aromatic carbocycles. The molecule has 0 saturated carbocycles. The molecule has 1 N–H and O–H groups in total. The van der Waals surface area contributed by atoms with Gasteiger partial charge in [-0.3, -0.25) is 14.2 Å². The van der Waals surface area contributed by atoms with E-state index >= 15 is 0 Å². The molecular weight excluding hydrogens is 310 g/mol. The van der Waals surface area contributed by atoms with Crippen LogP contribution in [0.15, 0.2) is 40.1 Å². The molecule has 0 saturated heterocycles. The maximum Gasteiger partial charge on any atom is 0.331 e. The number of nitrogens with zero attached hydrogens (tertiary/aromatic N) is 2. The first kappa shape index (κ1) is 17.5. The van der Waals surface area contributed by atoms with Gasteiger partial charge in [-0.05, 0) is 31.5 Å². The number of rotatable bonds is 6. The van der Waals surface area contributed by atoms with Crippen LogP contribution in [0.5, 0.6) is 5.75 Å². The van der Waals surface area contributed by atoms with Crippen LogP contribution in [0, 0.1) is 13.8 Å². The summed E-state index contributed by atoms with van der Waals surface area (Å²) in [6.45, 7) is 3.85. The van der Waals surface area contributed by atoms with Crippen LogP contribution in [-0.4, -0.2) is 28.2 Å². The lowest BCUT2D eigenvalue weighted by Gasteiger charge is -2.10. The van der Waals surface area contributed by atoms with Crippen molar-refractivity contribution in [1.29, 1.82) is 0 Å². The van der Waals surface area contributed by atoms with E-state index in [4.69, 9.17) is 4.74 Å². The van der Waals surface area contributed by atoms with Crippen molar-refractivity contribution in [3.8, 4) is 5.75 Å². The van der Waals surface area contributed by atoms with Gasteiger partial charge in [0.15, 0.2) is 0 Å². The second kappa shape index (κ2) is 7.63. The zero-order valence-electron chi connectivity index (χ0n) is 14.0. The topological polar surface area (TPSA) is 82.3 Å². The third-order valence-electron chi connectivity index (χ3n) is 3.49. The van der Waals surface area contributed by atoms with E-state index in [1.54, 1.807) is 14.0 Å². The van der Waals surface area contributed by atoms with Crippen LogP contribution in [-0.2, 0) is 18.4 Å². The molecule has 2 aromatic rings. The molecule has 7 heteroatoms. The molecule has 0 radical (unpaired) electrons. The maximum absolute atomic E-state index is 12.0. The van der Waals surface area contributed by atoms with E-state index in [-0.39, 0.29) is 13.1 Å². The maximum atomic E-state index is 12.0. The summed E-state index contributed by atoms with van der Waals surface area (Å²) < 4.78 is 7.73. The normalized spacial score (nSPS) is 10.5. The number of aromatic nitrogens is 2. The minimum absolute atomic E-state index is 0.285. The molecule has 1 amide bonds. The van der Waals surface area contributed by atoms with E-state index in [2.05, 4.69) is 5.32 Å². The fraction of sp³-hybridized carbons (Fsp3) is 0.353. The van der Waals surface area contributed by atoms with Crippen molar-refractivity contribution in [3.63, 3.8) is 0 Å². The molecule has 0 aliphatic rings. The van der Waals surface area contributed by atoms with Crippen molar-refractivity contribution in [2.75, 3.05) is 13.2 Å². The summed E-state index contributed by atoms with van der Waals surface area (Å²) in [5, 5.41) is 2.64. The van der Waals surface area contributed by atoms with Crippen LogP contribution in [0.1, 0.15) is 11.1 Å². The number of amides is 1. The van der Waals surface area contributed by atoms with Crippen molar-refractivity contribution < 1.29 is 9.53 Å². The fourth-order valence-electron chi connectivity index (χ4n) is 2.29. The largest absolute Gasteiger partial charge is 0.492 e. The SMILES string of the molecule is Cc1cccc(OCCNC(=O)Cn2c(=O)c(C)cn(C)c2=O)c1. The highest BCUT2D eigenvalue weighted by molar-refractivity contribution is 5.75. The van der Waals surface area contributed by atoms with Gasteiger partial charge in [-0.2, -0.15) is 0 Å². The lowest BCUT2D eigenvalue weighted by atomic mass is 10.2. The lowest BCUT2D eigenvalue weighted by Crippen LogP contribution is -2.44. The minimum Gasteiger partial charge on any atom is -0.492 e. The fourth-order valence-corrected chi connectivity index (χ4v) is 2.29. The average molecular weight is 331 g/mol. The van der Waals surface area contributed by atoms with Crippen molar-refractivity contribution >= 4 is 5.91 Å². The summed E-state index contributed by atoms with van der Waals surface area (Å²) in [7, 11) is 1.54. The number of carbonyl (C=O) groups excluding carboxylic acids is 1. The minimum atomic E-state index is -0.517. The Bertz CT molecular complexity index is 817. The molecule has 128 valence electrons. The molecule has 0 spiro atoms. The van der Waals surface area contributed by atoms with Crippen molar-refractivity contribution in [2.45, 2.75) is 20.4 Å². The Balaban J connectivity index is 1.88. The first-order valence-corrected chi connectivity index (χ1v) is 7.61. The van der Waals surface area contributed by atoms with Crippen molar-refractivity contribution in [2.24, 2.45) is 7.05 Å². The molecule has 0 unspecified atom stereocenters. The van der Waals surface area contributed by atoms with Gasteiger partial charge in [-0.25, -0.2) is 4.79 Å². The van der Waals surface area contributed by atoms with Crippen LogP contribution in [0.3, 0.4) is 0 Å². The molecule has 0 bridgehead atoms. The van der Waals surface area contributed by atoms with Gasteiger partial charge < -0.3 is 14.6 Å². The van der Waals surface area contributed by atoms with Gasteiger partial charge in [0.1, 0.15) is 18.9 Å². The third-order valence-corrected chi connectivity index (χ3v) is 3.49. The predicted octanol–water partition coefficient (Wildman–Crippen LogP) is 0.359. The zero-order chi connectivity index (χ0) is 17.7. The summed E-state index contributed by atoms with van der Waals surface area (Å²) in [5.41, 5.74) is 0.528. The highest BCUT2D eigenvalue weighted by atomic mass is 16.5. The van der Waals surface area contributed by atoms with E-state index in [0.717, 1.165) is 15.9 Å². The van der Waals surface area contributed by atoms with Crippen LogP contribution < -0.4 is 21.3 Å². The smallest absolute Gasteiger partial charge is 0.331 e. The van der Waals surface area contributed by atoms with Crippen molar-refractivity contribution in [1.82, 2.24) is 14.5 Å². The van der Waals surface area contributed by atoms with Gasteiger partial charge in [0.05, 0.1) is 6.54 Å². The number of carbonyl (C=O) groups is 1. The Morgan fingerprint density at radius 3 is 2.71 bits per heavy atom. The van der Waals surface area contributed by atoms with Gasteiger partial charge >= 0.3 is 5.69 Å². The van der Waals surface area contributed by atoms with Crippen molar-refractivity contribution in [3.05, 3.63) is 62.4 Å². The number of ether oxygens (including phenoxy) is 1. The Kier molecular flexibility index (Phi) is 5.57. The Morgan fingerprint density at radius 1 is 1.25 bits per heavy atom. The zero-order valence-corrected chi connectivity index (χ0v) is 14.0. The molecule has 2 rings (SSSR count). The van der Waals surface area contributed by atoms with Crippen LogP contribution in [0.25, 0.3) is 0 Å². The van der Waals surface area contributed by atoms with Crippen LogP contribution in [0.4, 0.5) is 0 Å². The number of aryl methyl sites for hydroxylation is 3. The standard InChI is InChI=1S/C17H21N3O4/c1-12-5-4-6-14(9-12)24-8-7-18-15(21)11-20-16(22)13(2)10-19(3)17(20)23/h4-6,9-10H,7-8,11H2,1-3H3,(H,18,21). The first-order valence-electron chi connectivity index (χ1n) is 7.61. The molecule has 0 fully saturated rings. The number of hydrogen-bond acceptors (Lipinski definition) is 4. The molecular formula is C17H21N3O4. The highest BCUT2D eigenvalue weighted by Crippen LogP contribution is 2.11. The molecule has 24 heavy (non-hydrogen) atoms. The monoisotopic (exact) mass is 331 g/mol. The number of hydrogen-bond donors (Lipinski definition) is 1. The van der Waals surface area contributed by atoms with Crippen LogP contribution in [0.2, 0.25) is 0 Å². The number of nitrogens with one attached hydrogen (secondary N) is 1. The molecule has 0 atom stereocenters. The van der Waals surface area contributed by atoms with Gasteiger partial charge in [0.25, 0.3) is 5.56 Å². The molecule has 0 aliphatic carbocycles. The molecule has 1 heterocycles. The predicted molar refractivity (Wildman–Crippen MR) is 90.4 cm³/mol. The van der Waals surface area contributed by atoms with E-state index in [0.29, 0.717) is 12.2 Å². The Labute approximate surface area is 139 Å². The summed E-state index contributed by atoms with van der Waals surface area (Å²) in [4.78, 5) is 35.8. The third kappa shape index (κ3) is 4.34. The average Bonchev–Trinajstić information content (AvgIpc) is 2.54. The number of benzene rings is 1. The molecule has 1 aromatic heterocycles. The molecule has 0 aliphatic heterocycles. The van der Waals surface area contributed by atoms with Gasteiger partial charge in [-0.15, -0.1) is 0 Å². The van der Waals surface area contributed by atoms with Gasteiger partial charge in [0.2, 0.25) is 5.91 Å². The van der Waals surface area contributed by atoms with Gasteiger partial charge in [-0.1, -0.05) is 12.1 Å². The first-order chi connectivity index (χ1) is 11.4.